The standard InChI is InChI=1S/C25H35FN4O5S/c1-7-23(25(32)27-18(2)3)29(16-19-9-8-10-22(15-19)35-6)24(31)17-30(36(33,34)28(4)5)21-13-11-20(26)12-14-21/h8-15,18,23H,7,16-17H2,1-6H3,(H,27,32)/t23-/m1/s1. The third-order valence-corrected chi connectivity index (χ3v) is 7.26. The fourth-order valence-corrected chi connectivity index (χ4v) is 4.65. The predicted octanol–water partition coefficient (Wildman–Crippen LogP) is 2.78. The number of benzene rings is 2. The molecule has 1 N–H and O–H groups in total. The number of ether oxygens (including phenoxy) is 1. The molecule has 0 aliphatic rings. The zero-order chi connectivity index (χ0) is 27.0. The molecule has 11 heteroatoms. The molecule has 0 aromatic heterocycles. The number of nitrogens with one attached hydrogen (secondary N) is 1. The van der Waals surface area contributed by atoms with Crippen molar-refractivity contribution in [3.63, 3.8) is 0 Å². The summed E-state index contributed by atoms with van der Waals surface area (Å²) >= 11 is 0. The summed E-state index contributed by atoms with van der Waals surface area (Å²) < 4.78 is 46.9. The Kier molecular flexibility index (Phi) is 10.2. The molecule has 0 fully saturated rings. The SMILES string of the molecule is CC[C@H](C(=O)NC(C)C)N(Cc1cccc(OC)c1)C(=O)CN(c1ccc(F)cc1)S(=O)(=O)N(C)C. The molecule has 0 spiro atoms. The molecule has 0 saturated carbocycles. The van der Waals surface area contributed by atoms with Crippen LogP contribution >= 0.6 is 0 Å². The second-order valence-electron chi connectivity index (χ2n) is 8.73. The molecule has 9 nitrogen and oxygen atoms in total. The molecule has 1 atom stereocenters. The van der Waals surface area contributed by atoms with E-state index in [0.717, 1.165) is 20.7 Å². The average Bonchev–Trinajstić information content (AvgIpc) is 2.82. The molecule has 2 aromatic carbocycles. The second kappa shape index (κ2) is 12.7. The van der Waals surface area contributed by atoms with Crippen LogP contribution in [0.3, 0.4) is 0 Å². The normalized spacial score (nSPS) is 12.4. The number of rotatable bonds is 12. The number of hydrogen-bond donors (Lipinski definition) is 1. The van der Waals surface area contributed by atoms with E-state index >= 15 is 0 Å². The van der Waals surface area contributed by atoms with Gasteiger partial charge in [0.25, 0.3) is 0 Å². The molecule has 0 unspecified atom stereocenters. The topological polar surface area (TPSA) is 99.3 Å². The second-order valence-corrected chi connectivity index (χ2v) is 10.8. The van der Waals surface area contributed by atoms with Crippen molar-refractivity contribution in [2.45, 2.75) is 45.8 Å². The van der Waals surface area contributed by atoms with Gasteiger partial charge in [0.1, 0.15) is 24.2 Å². The lowest BCUT2D eigenvalue weighted by Crippen LogP contribution is -2.54. The van der Waals surface area contributed by atoms with Crippen LogP contribution < -0.4 is 14.4 Å². The lowest BCUT2D eigenvalue weighted by atomic mass is 10.1. The van der Waals surface area contributed by atoms with Gasteiger partial charge in [-0.2, -0.15) is 12.7 Å². The van der Waals surface area contributed by atoms with Crippen molar-refractivity contribution in [1.29, 1.82) is 0 Å². The number of hydrogen-bond acceptors (Lipinski definition) is 5. The van der Waals surface area contributed by atoms with E-state index in [9.17, 15) is 22.4 Å². The minimum Gasteiger partial charge on any atom is -0.497 e. The molecule has 0 radical (unpaired) electrons. The number of halogens is 1. The predicted molar refractivity (Wildman–Crippen MR) is 137 cm³/mol. The van der Waals surface area contributed by atoms with Crippen LogP contribution in [-0.4, -0.2) is 69.3 Å². The minimum absolute atomic E-state index is 0.0549. The first-order valence-electron chi connectivity index (χ1n) is 11.6. The van der Waals surface area contributed by atoms with Crippen LogP contribution in [0.5, 0.6) is 5.75 Å². The van der Waals surface area contributed by atoms with Gasteiger partial charge in [0, 0.05) is 26.7 Å². The number of anilines is 1. The largest absolute Gasteiger partial charge is 0.497 e. The summed E-state index contributed by atoms with van der Waals surface area (Å²) in [7, 11) is 0.1000. The van der Waals surface area contributed by atoms with Crippen molar-refractivity contribution in [1.82, 2.24) is 14.5 Å². The van der Waals surface area contributed by atoms with E-state index in [1.807, 2.05) is 13.8 Å². The summed E-state index contributed by atoms with van der Waals surface area (Å²) in [5.41, 5.74) is 0.835. The highest BCUT2D eigenvalue weighted by atomic mass is 32.2. The highest BCUT2D eigenvalue weighted by Gasteiger charge is 2.34. The van der Waals surface area contributed by atoms with Crippen molar-refractivity contribution in [2.75, 3.05) is 32.1 Å². The number of methoxy groups -OCH3 is 1. The molecular formula is C25H35FN4O5S. The number of carbonyl (C=O) groups is 2. The van der Waals surface area contributed by atoms with Gasteiger partial charge in [-0.25, -0.2) is 8.70 Å². The van der Waals surface area contributed by atoms with Crippen molar-refractivity contribution in [3.05, 3.63) is 59.9 Å². The Morgan fingerprint density at radius 1 is 1.08 bits per heavy atom. The van der Waals surface area contributed by atoms with Gasteiger partial charge in [-0.1, -0.05) is 19.1 Å². The van der Waals surface area contributed by atoms with Crippen LogP contribution in [0.25, 0.3) is 0 Å². The lowest BCUT2D eigenvalue weighted by molar-refractivity contribution is -0.140. The maximum atomic E-state index is 13.7. The Hall–Kier alpha value is -3.18. The first-order chi connectivity index (χ1) is 16.9. The Balaban J connectivity index is 2.51. The number of amides is 2. The molecule has 198 valence electrons. The first-order valence-corrected chi connectivity index (χ1v) is 13.0. The van der Waals surface area contributed by atoms with E-state index in [1.54, 1.807) is 31.2 Å². The van der Waals surface area contributed by atoms with E-state index in [-0.39, 0.29) is 24.2 Å². The molecule has 36 heavy (non-hydrogen) atoms. The molecule has 2 aromatic rings. The molecule has 0 aliphatic heterocycles. The summed E-state index contributed by atoms with van der Waals surface area (Å²) in [6.07, 6.45) is 0.311. The zero-order valence-electron chi connectivity index (χ0n) is 21.6. The van der Waals surface area contributed by atoms with E-state index < -0.39 is 34.5 Å². The monoisotopic (exact) mass is 522 g/mol. The Labute approximate surface area is 213 Å². The fourth-order valence-electron chi connectivity index (χ4n) is 3.59. The molecule has 0 heterocycles. The van der Waals surface area contributed by atoms with E-state index in [4.69, 9.17) is 4.74 Å². The van der Waals surface area contributed by atoms with Gasteiger partial charge in [-0.05, 0) is 62.2 Å². The first kappa shape index (κ1) is 29.1. The maximum absolute atomic E-state index is 13.7. The summed E-state index contributed by atoms with van der Waals surface area (Å²) in [5, 5.41) is 2.84. The van der Waals surface area contributed by atoms with E-state index in [0.29, 0.717) is 17.7 Å². The van der Waals surface area contributed by atoms with Crippen LogP contribution in [0.4, 0.5) is 10.1 Å². The minimum atomic E-state index is -4.11. The lowest BCUT2D eigenvalue weighted by Gasteiger charge is -2.34. The Morgan fingerprint density at radius 3 is 2.25 bits per heavy atom. The molecule has 0 saturated heterocycles. The van der Waals surface area contributed by atoms with E-state index in [1.165, 1.54) is 38.2 Å². The van der Waals surface area contributed by atoms with Gasteiger partial charge in [0.05, 0.1) is 12.8 Å². The molecule has 0 aliphatic carbocycles. The van der Waals surface area contributed by atoms with Crippen LogP contribution in [-0.2, 0) is 26.3 Å². The third kappa shape index (κ3) is 7.41. The van der Waals surface area contributed by atoms with E-state index in [2.05, 4.69) is 5.32 Å². The molecular weight excluding hydrogens is 487 g/mol. The Bertz CT molecular complexity index is 1140. The van der Waals surface area contributed by atoms with Crippen LogP contribution in [0.2, 0.25) is 0 Å². The van der Waals surface area contributed by atoms with Gasteiger partial charge in [0.15, 0.2) is 0 Å². The summed E-state index contributed by atoms with van der Waals surface area (Å²) in [4.78, 5) is 28.1. The molecule has 2 rings (SSSR count). The van der Waals surface area contributed by atoms with Crippen molar-refractivity contribution < 1.29 is 27.1 Å². The smallest absolute Gasteiger partial charge is 0.304 e. The van der Waals surface area contributed by atoms with Crippen molar-refractivity contribution in [2.24, 2.45) is 0 Å². The van der Waals surface area contributed by atoms with Crippen molar-refractivity contribution in [3.8, 4) is 5.75 Å². The van der Waals surface area contributed by atoms with Gasteiger partial charge in [-0.15, -0.1) is 0 Å². The number of nitrogens with zero attached hydrogens (tertiary/aromatic N) is 3. The quantitative estimate of drug-likeness (QED) is 0.462. The van der Waals surface area contributed by atoms with Crippen LogP contribution in [0, 0.1) is 5.82 Å². The van der Waals surface area contributed by atoms with Gasteiger partial charge < -0.3 is 15.0 Å². The van der Waals surface area contributed by atoms with Gasteiger partial charge in [-0.3, -0.25) is 9.59 Å². The van der Waals surface area contributed by atoms with Crippen molar-refractivity contribution >= 4 is 27.7 Å². The highest BCUT2D eigenvalue weighted by molar-refractivity contribution is 7.90. The fraction of sp³-hybridized carbons (Fsp3) is 0.440. The van der Waals surface area contributed by atoms with Crippen LogP contribution in [0.15, 0.2) is 48.5 Å². The van der Waals surface area contributed by atoms with Crippen LogP contribution in [0.1, 0.15) is 32.8 Å². The maximum Gasteiger partial charge on any atom is 0.304 e. The number of carbonyl (C=O) groups excluding carboxylic acids is 2. The summed E-state index contributed by atoms with van der Waals surface area (Å²) in [5.74, 6) is -0.878. The zero-order valence-corrected chi connectivity index (χ0v) is 22.4. The summed E-state index contributed by atoms with van der Waals surface area (Å²) in [6.45, 7) is 4.89. The third-order valence-electron chi connectivity index (χ3n) is 5.44. The summed E-state index contributed by atoms with van der Waals surface area (Å²) in [6, 6.07) is 10.9. The Morgan fingerprint density at radius 2 is 1.72 bits per heavy atom. The average molecular weight is 523 g/mol. The van der Waals surface area contributed by atoms with Gasteiger partial charge in [0.2, 0.25) is 11.8 Å². The molecule has 2 amide bonds. The molecule has 0 bridgehead atoms. The highest BCUT2D eigenvalue weighted by Crippen LogP contribution is 2.22. The van der Waals surface area contributed by atoms with Gasteiger partial charge >= 0.3 is 10.2 Å².